The number of fused-ring (bicyclic) bond motifs is 1. The molecule has 1 heterocycles. The van der Waals surface area contributed by atoms with Gasteiger partial charge < -0.3 is 15.0 Å². The van der Waals surface area contributed by atoms with Crippen LogP contribution in [0.5, 0.6) is 0 Å². The molecule has 5 heteroatoms. The van der Waals surface area contributed by atoms with Gasteiger partial charge in [0.1, 0.15) is 0 Å². The van der Waals surface area contributed by atoms with Gasteiger partial charge in [0.15, 0.2) is 5.96 Å². The van der Waals surface area contributed by atoms with Gasteiger partial charge in [-0.15, -0.1) is 0 Å². The SMILES string of the molecule is CCNC(=NCCC(=O)OC(C)C)N1CCc2ccccc21. The number of nitrogens with zero attached hydrogens (tertiary/aromatic N) is 2. The Kier molecular flexibility index (Phi) is 5.81. The van der Waals surface area contributed by atoms with Crippen LogP contribution in [0.25, 0.3) is 0 Å². The average molecular weight is 303 g/mol. The maximum Gasteiger partial charge on any atom is 0.307 e. The Balaban J connectivity index is 2.01. The fraction of sp³-hybridized carbons (Fsp3) is 0.529. The molecule has 1 aromatic rings. The number of rotatable bonds is 5. The molecule has 5 nitrogen and oxygen atoms in total. The van der Waals surface area contributed by atoms with Gasteiger partial charge in [0.05, 0.1) is 19.1 Å². The van der Waals surface area contributed by atoms with Crippen molar-refractivity contribution in [3.63, 3.8) is 0 Å². The number of para-hydroxylation sites is 1. The Morgan fingerprint density at radius 1 is 1.41 bits per heavy atom. The third-order valence-corrected chi connectivity index (χ3v) is 3.42. The zero-order chi connectivity index (χ0) is 15.9. The number of hydrogen-bond acceptors (Lipinski definition) is 3. The molecule has 1 aliphatic heterocycles. The first-order valence-electron chi connectivity index (χ1n) is 7.95. The van der Waals surface area contributed by atoms with Gasteiger partial charge in [-0.05, 0) is 38.8 Å². The number of benzene rings is 1. The van der Waals surface area contributed by atoms with E-state index in [0.29, 0.717) is 13.0 Å². The summed E-state index contributed by atoms with van der Waals surface area (Å²) >= 11 is 0. The minimum atomic E-state index is -0.198. The molecule has 1 aliphatic rings. The van der Waals surface area contributed by atoms with E-state index < -0.39 is 0 Å². The van der Waals surface area contributed by atoms with E-state index in [9.17, 15) is 4.79 Å². The van der Waals surface area contributed by atoms with Crippen LogP contribution in [0.4, 0.5) is 5.69 Å². The first kappa shape index (κ1) is 16.3. The first-order valence-corrected chi connectivity index (χ1v) is 7.95. The lowest BCUT2D eigenvalue weighted by atomic mass is 10.2. The number of guanidine groups is 1. The summed E-state index contributed by atoms with van der Waals surface area (Å²) in [6.07, 6.45) is 1.26. The minimum absolute atomic E-state index is 0.0739. The summed E-state index contributed by atoms with van der Waals surface area (Å²) in [4.78, 5) is 18.3. The van der Waals surface area contributed by atoms with Crippen LogP contribution in [-0.2, 0) is 16.0 Å². The topological polar surface area (TPSA) is 53.9 Å². The normalized spacial score (nSPS) is 14.2. The summed E-state index contributed by atoms with van der Waals surface area (Å²) in [5.41, 5.74) is 2.54. The summed E-state index contributed by atoms with van der Waals surface area (Å²) < 4.78 is 5.13. The molecule has 0 unspecified atom stereocenters. The number of hydrogen-bond donors (Lipinski definition) is 1. The van der Waals surface area contributed by atoms with Gasteiger partial charge in [-0.25, -0.2) is 0 Å². The quantitative estimate of drug-likeness (QED) is 0.515. The molecule has 0 bridgehead atoms. The van der Waals surface area contributed by atoms with E-state index in [-0.39, 0.29) is 12.1 Å². The van der Waals surface area contributed by atoms with Crippen LogP contribution in [0.2, 0.25) is 0 Å². The molecule has 0 aromatic heterocycles. The lowest BCUT2D eigenvalue weighted by Crippen LogP contribution is -2.40. The van der Waals surface area contributed by atoms with Gasteiger partial charge in [0.25, 0.3) is 0 Å². The molecule has 2 rings (SSSR count). The highest BCUT2D eigenvalue weighted by atomic mass is 16.5. The fourth-order valence-corrected chi connectivity index (χ4v) is 2.53. The van der Waals surface area contributed by atoms with Crippen molar-refractivity contribution in [2.24, 2.45) is 4.99 Å². The lowest BCUT2D eigenvalue weighted by molar-refractivity contribution is -0.147. The van der Waals surface area contributed by atoms with E-state index in [1.165, 1.54) is 11.3 Å². The third-order valence-electron chi connectivity index (χ3n) is 3.42. The Hall–Kier alpha value is -2.04. The summed E-state index contributed by atoms with van der Waals surface area (Å²) in [7, 11) is 0. The number of nitrogens with one attached hydrogen (secondary N) is 1. The van der Waals surface area contributed by atoms with Crippen LogP contribution in [0.1, 0.15) is 32.8 Å². The number of ether oxygens (including phenoxy) is 1. The summed E-state index contributed by atoms with van der Waals surface area (Å²) in [6.45, 7) is 7.91. The maximum atomic E-state index is 11.6. The smallest absolute Gasteiger partial charge is 0.307 e. The lowest BCUT2D eigenvalue weighted by Gasteiger charge is -2.22. The summed E-state index contributed by atoms with van der Waals surface area (Å²) in [6, 6.07) is 8.37. The van der Waals surface area contributed by atoms with E-state index >= 15 is 0 Å². The van der Waals surface area contributed by atoms with Gasteiger partial charge in [-0.1, -0.05) is 18.2 Å². The molecule has 120 valence electrons. The van der Waals surface area contributed by atoms with Crippen LogP contribution in [0.15, 0.2) is 29.3 Å². The monoisotopic (exact) mass is 303 g/mol. The zero-order valence-corrected chi connectivity index (χ0v) is 13.6. The largest absolute Gasteiger partial charge is 0.463 e. The van der Waals surface area contributed by atoms with Crippen molar-refractivity contribution in [2.45, 2.75) is 39.7 Å². The first-order chi connectivity index (χ1) is 10.6. The number of carbonyl (C=O) groups is 1. The molecule has 0 atom stereocenters. The van der Waals surface area contributed by atoms with Crippen LogP contribution < -0.4 is 10.2 Å². The molecule has 0 saturated heterocycles. The highest BCUT2D eigenvalue weighted by Crippen LogP contribution is 2.27. The highest BCUT2D eigenvalue weighted by Gasteiger charge is 2.22. The molecule has 0 saturated carbocycles. The minimum Gasteiger partial charge on any atom is -0.463 e. The molecule has 22 heavy (non-hydrogen) atoms. The molecular formula is C17H25N3O2. The van der Waals surface area contributed by atoms with Crippen molar-refractivity contribution in [3.05, 3.63) is 29.8 Å². The van der Waals surface area contributed by atoms with E-state index in [4.69, 9.17) is 4.74 Å². The van der Waals surface area contributed by atoms with E-state index in [0.717, 1.165) is 25.5 Å². The number of aliphatic imine (C=N–C) groups is 1. The van der Waals surface area contributed by atoms with Crippen molar-refractivity contribution in [3.8, 4) is 0 Å². The second-order valence-corrected chi connectivity index (χ2v) is 5.55. The molecule has 1 N–H and O–H groups in total. The second-order valence-electron chi connectivity index (χ2n) is 5.55. The third kappa shape index (κ3) is 4.23. The summed E-state index contributed by atoms with van der Waals surface area (Å²) in [5, 5.41) is 3.30. The van der Waals surface area contributed by atoms with Gasteiger partial charge in [-0.2, -0.15) is 0 Å². The van der Waals surface area contributed by atoms with E-state index in [1.807, 2.05) is 26.8 Å². The maximum absolute atomic E-state index is 11.6. The Morgan fingerprint density at radius 3 is 2.91 bits per heavy atom. The van der Waals surface area contributed by atoms with Crippen molar-refractivity contribution in [2.75, 3.05) is 24.5 Å². The van der Waals surface area contributed by atoms with Crippen LogP contribution in [-0.4, -0.2) is 37.7 Å². The molecular weight excluding hydrogens is 278 g/mol. The standard InChI is InChI=1S/C17H25N3O2/c1-4-18-17(19-11-9-16(21)22-13(2)3)20-12-10-14-7-5-6-8-15(14)20/h5-8,13H,4,9-12H2,1-3H3,(H,18,19). The molecule has 0 spiro atoms. The van der Waals surface area contributed by atoms with Crippen molar-refractivity contribution >= 4 is 17.6 Å². The number of carbonyl (C=O) groups excluding carboxylic acids is 1. The fourth-order valence-electron chi connectivity index (χ4n) is 2.53. The Labute approximate surface area is 132 Å². The van der Waals surface area contributed by atoms with Gasteiger partial charge in [-0.3, -0.25) is 9.79 Å². The second kappa shape index (κ2) is 7.82. The Bertz CT molecular complexity index is 540. The molecule has 0 amide bonds. The van der Waals surface area contributed by atoms with Crippen molar-refractivity contribution in [1.82, 2.24) is 5.32 Å². The summed E-state index contributed by atoms with van der Waals surface area (Å²) in [5.74, 6) is 0.640. The number of anilines is 1. The van der Waals surface area contributed by atoms with E-state index in [1.54, 1.807) is 0 Å². The van der Waals surface area contributed by atoms with Crippen molar-refractivity contribution in [1.29, 1.82) is 0 Å². The van der Waals surface area contributed by atoms with Crippen LogP contribution in [0, 0.1) is 0 Å². The molecule has 0 aliphatic carbocycles. The van der Waals surface area contributed by atoms with Gasteiger partial charge in [0, 0.05) is 18.8 Å². The highest BCUT2D eigenvalue weighted by molar-refractivity contribution is 5.98. The molecule has 0 fully saturated rings. The predicted octanol–water partition coefficient (Wildman–Crippen LogP) is 2.36. The molecule has 0 radical (unpaired) electrons. The van der Waals surface area contributed by atoms with Crippen LogP contribution in [0.3, 0.4) is 0 Å². The van der Waals surface area contributed by atoms with Crippen molar-refractivity contribution < 1.29 is 9.53 Å². The zero-order valence-electron chi connectivity index (χ0n) is 13.6. The average Bonchev–Trinajstić information content (AvgIpc) is 2.89. The molecule has 1 aromatic carbocycles. The Morgan fingerprint density at radius 2 is 2.18 bits per heavy atom. The van der Waals surface area contributed by atoms with Crippen LogP contribution >= 0.6 is 0 Å². The van der Waals surface area contributed by atoms with Gasteiger partial charge >= 0.3 is 5.97 Å². The number of esters is 1. The van der Waals surface area contributed by atoms with E-state index in [2.05, 4.69) is 33.4 Å². The predicted molar refractivity (Wildman–Crippen MR) is 89.3 cm³/mol. The van der Waals surface area contributed by atoms with Gasteiger partial charge in [0.2, 0.25) is 0 Å².